The molecule has 0 radical (unpaired) electrons. The lowest BCUT2D eigenvalue weighted by molar-refractivity contribution is 0.586. The first-order valence-electron chi connectivity index (χ1n) is 6.72. The van der Waals surface area contributed by atoms with E-state index in [0.717, 1.165) is 11.4 Å². The van der Waals surface area contributed by atoms with Gasteiger partial charge in [0.05, 0.1) is 16.8 Å². The number of rotatable bonds is 2. The lowest BCUT2D eigenvalue weighted by Crippen LogP contribution is -2.18. The quantitative estimate of drug-likeness (QED) is 0.839. The largest absolute Gasteiger partial charge is 0.295 e. The van der Waals surface area contributed by atoms with E-state index in [1.807, 2.05) is 58.9 Å². The van der Waals surface area contributed by atoms with E-state index < -0.39 is 0 Å². The summed E-state index contributed by atoms with van der Waals surface area (Å²) >= 11 is 0. The molecule has 1 N–H and O–H groups in total. The monoisotopic (exact) mass is 271 g/mol. The highest BCUT2D eigenvalue weighted by molar-refractivity contribution is 5.81. The molecule has 0 saturated heterocycles. The first-order valence-corrected chi connectivity index (χ1v) is 6.72. The van der Waals surface area contributed by atoms with Crippen LogP contribution in [0.25, 0.3) is 5.69 Å². The lowest BCUT2D eigenvalue weighted by atomic mass is 10.1. The molecule has 2 rings (SSSR count). The molecule has 0 bridgehead atoms. The SMILES string of the molecule is Cc1ccc(-n2[nH]c(C)c(C=NC(C)(C)C)c2=O)cc1. The van der Waals surface area contributed by atoms with Crippen molar-refractivity contribution in [2.24, 2.45) is 4.99 Å². The van der Waals surface area contributed by atoms with Gasteiger partial charge < -0.3 is 0 Å². The molecule has 4 nitrogen and oxygen atoms in total. The number of aromatic nitrogens is 2. The van der Waals surface area contributed by atoms with Gasteiger partial charge in [-0.25, -0.2) is 4.68 Å². The second-order valence-corrected chi connectivity index (χ2v) is 6.06. The molecule has 0 amide bonds. The van der Waals surface area contributed by atoms with Gasteiger partial charge in [0.1, 0.15) is 0 Å². The lowest BCUT2D eigenvalue weighted by Gasteiger charge is -2.10. The fourth-order valence-corrected chi connectivity index (χ4v) is 1.85. The van der Waals surface area contributed by atoms with Crippen molar-refractivity contribution < 1.29 is 0 Å². The van der Waals surface area contributed by atoms with Crippen molar-refractivity contribution in [1.82, 2.24) is 9.78 Å². The Kier molecular flexibility index (Phi) is 3.66. The summed E-state index contributed by atoms with van der Waals surface area (Å²) in [6, 6.07) is 7.83. The second kappa shape index (κ2) is 5.12. The van der Waals surface area contributed by atoms with E-state index in [1.165, 1.54) is 5.56 Å². The highest BCUT2D eigenvalue weighted by atomic mass is 16.1. The molecule has 0 atom stereocenters. The van der Waals surface area contributed by atoms with Gasteiger partial charge >= 0.3 is 0 Å². The van der Waals surface area contributed by atoms with Gasteiger partial charge in [-0.1, -0.05) is 17.7 Å². The maximum Gasteiger partial charge on any atom is 0.280 e. The number of nitrogens with zero attached hydrogens (tertiary/aromatic N) is 2. The Labute approximate surface area is 119 Å². The molecule has 0 aliphatic rings. The van der Waals surface area contributed by atoms with E-state index in [-0.39, 0.29) is 11.1 Å². The van der Waals surface area contributed by atoms with Crippen LogP contribution in [0.5, 0.6) is 0 Å². The number of aromatic amines is 1. The van der Waals surface area contributed by atoms with Crippen molar-refractivity contribution in [1.29, 1.82) is 0 Å². The Hall–Kier alpha value is -2.10. The van der Waals surface area contributed by atoms with Crippen LogP contribution in [-0.2, 0) is 0 Å². The Morgan fingerprint density at radius 2 is 1.75 bits per heavy atom. The molecule has 20 heavy (non-hydrogen) atoms. The number of aryl methyl sites for hydroxylation is 2. The molecule has 0 aliphatic carbocycles. The number of H-pyrrole nitrogens is 1. The summed E-state index contributed by atoms with van der Waals surface area (Å²) in [6.07, 6.45) is 1.67. The third-order valence-electron chi connectivity index (χ3n) is 2.99. The van der Waals surface area contributed by atoms with E-state index in [4.69, 9.17) is 0 Å². The number of hydrogen-bond acceptors (Lipinski definition) is 2. The third-order valence-corrected chi connectivity index (χ3v) is 2.99. The molecule has 0 aliphatic heterocycles. The molecule has 1 aromatic heterocycles. The summed E-state index contributed by atoms with van der Waals surface area (Å²) in [7, 11) is 0. The third kappa shape index (κ3) is 3.07. The standard InChI is InChI=1S/C16H21N3O/c1-11-6-8-13(9-7-11)19-15(20)14(12(2)18-19)10-17-16(3,4)5/h6-10,18H,1-5H3. The molecular weight excluding hydrogens is 250 g/mol. The first-order chi connectivity index (χ1) is 9.28. The first kappa shape index (κ1) is 14.3. The zero-order chi connectivity index (χ0) is 14.9. The van der Waals surface area contributed by atoms with Gasteiger partial charge in [-0.2, -0.15) is 0 Å². The summed E-state index contributed by atoms with van der Waals surface area (Å²) in [6.45, 7) is 9.92. The van der Waals surface area contributed by atoms with Crippen LogP contribution in [0.1, 0.15) is 37.6 Å². The Morgan fingerprint density at radius 3 is 2.30 bits per heavy atom. The van der Waals surface area contributed by atoms with E-state index in [0.29, 0.717) is 5.56 Å². The van der Waals surface area contributed by atoms with Crippen molar-refractivity contribution in [3.05, 3.63) is 51.4 Å². The maximum absolute atomic E-state index is 12.4. The number of aliphatic imine (C=N–C) groups is 1. The van der Waals surface area contributed by atoms with E-state index >= 15 is 0 Å². The zero-order valence-electron chi connectivity index (χ0n) is 12.7. The van der Waals surface area contributed by atoms with Crippen LogP contribution in [-0.4, -0.2) is 21.5 Å². The molecule has 106 valence electrons. The average molecular weight is 271 g/mol. The average Bonchev–Trinajstić information content (AvgIpc) is 2.63. The normalized spacial score (nSPS) is 12.2. The summed E-state index contributed by atoms with van der Waals surface area (Å²) in [5, 5.41) is 3.10. The fourth-order valence-electron chi connectivity index (χ4n) is 1.85. The maximum atomic E-state index is 12.4. The van der Waals surface area contributed by atoms with Crippen LogP contribution in [0, 0.1) is 13.8 Å². The number of benzene rings is 1. The second-order valence-electron chi connectivity index (χ2n) is 6.06. The van der Waals surface area contributed by atoms with Crippen LogP contribution >= 0.6 is 0 Å². The molecule has 0 saturated carbocycles. The van der Waals surface area contributed by atoms with Crippen molar-refractivity contribution in [2.75, 3.05) is 0 Å². The molecule has 0 fully saturated rings. The number of hydrogen-bond donors (Lipinski definition) is 1. The minimum Gasteiger partial charge on any atom is -0.295 e. The van der Waals surface area contributed by atoms with Gasteiger partial charge in [0, 0.05) is 11.9 Å². The Balaban J connectivity index is 2.47. The predicted molar refractivity (Wildman–Crippen MR) is 83.2 cm³/mol. The summed E-state index contributed by atoms with van der Waals surface area (Å²) in [4.78, 5) is 16.8. The highest BCUT2D eigenvalue weighted by Gasteiger charge is 2.12. The molecular formula is C16H21N3O. The molecule has 4 heteroatoms. The van der Waals surface area contributed by atoms with Crippen molar-refractivity contribution >= 4 is 6.21 Å². The highest BCUT2D eigenvalue weighted by Crippen LogP contribution is 2.10. The molecule has 2 aromatic rings. The van der Waals surface area contributed by atoms with E-state index in [1.54, 1.807) is 10.9 Å². The molecule has 1 heterocycles. The molecule has 0 spiro atoms. The van der Waals surface area contributed by atoms with Crippen LogP contribution in [0.3, 0.4) is 0 Å². The minimum atomic E-state index is -0.190. The molecule has 0 unspecified atom stereocenters. The van der Waals surface area contributed by atoms with Crippen molar-refractivity contribution in [3.8, 4) is 5.69 Å². The van der Waals surface area contributed by atoms with E-state index in [9.17, 15) is 4.79 Å². The van der Waals surface area contributed by atoms with Gasteiger partial charge in [-0.05, 0) is 46.8 Å². The van der Waals surface area contributed by atoms with Crippen LogP contribution in [0.4, 0.5) is 0 Å². The minimum absolute atomic E-state index is 0.0700. The summed E-state index contributed by atoms with van der Waals surface area (Å²) in [5.74, 6) is 0. The Bertz CT molecular complexity index is 682. The van der Waals surface area contributed by atoms with Crippen molar-refractivity contribution in [2.45, 2.75) is 40.2 Å². The summed E-state index contributed by atoms with van der Waals surface area (Å²) < 4.78 is 1.55. The van der Waals surface area contributed by atoms with Crippen LogP contribution < -0.4 is 5.56 Å². The van der Waals surface area contributed by atoms with Gasteiger partial charge in [0.25, 0.3) is 5.56 Å². The van der Waals surface area contributed by atoms with Gasteiger partial charge in [-0.3, -0.25) is 14.9 Å². The van der Waals surface area contributed by atoms with Gasteiger partial charge in [-0.15, -0.1) is 0 Å². The topological polar surface area (TPSA) is 50.1 Å². The smallest absolute Gasteiger partial charge is 0.280 e. The van der Waals surface area contributed by atoms with Crippen molar-refractivity contribution in [3.63, 3.8) is 0 Å². The Morgan fingerprint density at radius 1 is 1.15 bits per heavy atom. The predicted octanol–water partition coefficient (Wildman–Crippen LogP) is 3.00. The van der Waals surface area contributed by atoms with Gasteiger partial charge in [0.15, 0.2) is 0 Å². The van der Waals surface area contributed by atoms with E-state index in [2.05, 4.69) is 10.1 Å². The zero-order valence-corrected chi connectivity index (χ0v) is 12.7. The molecule has 1 aromatic carbocycles. The summed E-state index contributed by atoms with van der Waals surface area (Å²) in [5.41, 5.74) is 3.17. The fraction of sp³-hybridized carbons (Fsp3) is 0.375. The number of nitrogens with one attached hydrogen (secondary N) is 1. The van der Waals surface area contributed by atoms with Gasteiger partial charge in [0.2, 0.25) is 0 Å². The van der Waals surface area contributed by atoms with Crippen LogP contribution in [0.15, 0.2) is 34.1 Å². The van der Waals surface area contributed by atoms with Crippen LogP contribution in [0.2, 0.25) is 0 Å².